The number of aromatic nitrogens is 1. The van der Waals surface area contributed by atoms with E-state index in [2.05, 4.69) is 15.2 Å². The van der Waals surface area contributed by atoms with Crippen LogP contribution in [0.3, 0.4) is 0 Å². The summed E-state index contributed by atoms with van der Waals surface area (Å²) in [6, 6.07) is 15.2. The first-order valence-corrected chi connectivity index (χ1v) is 9.30. The largest absolute Gasteiger partial charge is 0.383 e. The number of nitrogens with one attached hydrogen (secondary N) is 2. The number of hydrogen-bond donors (Lipinski definition) is 2. The molecule has 28 heavy (non-hydrogen) atoms. The van der Waals surface area contributed by atoms with Gasteiger partial charge in [-0.2, -0.15) is 0 Å². The smallest absolute Gasteiger partial charge is 0.251 e. The minimum atomic E-state index is -0.162. The topological polar surface area (TPSA) is 72.4 Å². The van der Waals surface area contributed by atoms with Gasteiger partial charge in [-0.15, -0.1) is 0 Å². The van der Waals surface area contributed by atoms with Crippen LogP contribution in [0.15, 0.2) is 54.7 Å². The molecular formula is C22H25N3O3. The summed E-state index contributed by atoms with van der Waals surface area (Å²) in [5.41, 5.74) is 3.38. The molecule has 0 saturated carbocycles. The highest BCUT2D eigenvalue weighted by Gasteiger charge is 2.09. The number of rotatable bonds is 8. The number of fused-ring (bicyclic) bond motifs is 1. The quantitative estimate of drug-likeness (QED) is 0.630. The Kier molecular flexibility index (Phi) is 6.45. The van der Waals surface area contributed by atoms with Crippen molar-refractivity contribution < 1.29 is 14.3 Å². The van der Waals surface area contributed by atoms with E-state index in [0.29, 0.717) is 12.2 Å². The molecule has 1 heterocycles. The van der Waals surface area contributed by atoms with Gasteiger partial charge in [0.2, 0.25) is 5.91 Å². The van der Waals surface area contributed by atoms with Crippen molar-refractivity contribution in [2.24, 2.45) is 0 Å². The first-order valence-electron chi connectivity index (χ1n) is 9.30. The molecule has 0 radical (unpaired) electrons. The molecule has 2 amide bonds. The summed E-state index contributed by atoms with van der Waals surface area (Å²) >= 11 is 0. The van der Waals surface area contributed by atoms with Crippen molar-refractivity contribution in [2.45, 2.75) is 19.9 Å². The van der Waals surface area contributed by atoms with Gasteiger partial charge < -0.3 is 19.9 Å². The minimum absolute atomic E-state index is 0.136. The van der Waals surface area contributed by atoms with Gasteiger partial charge in [0.1, 0.15) is 0 Å². The third kappa shape index (κ3) is 4.78. The van der Waals surface area contributed by atoms with Gasteiger partial charge in [-0.25, -0.2) is 0 Å². The SMILES string of the molecule is COCCn1ccc2cc(NC(=O)CCNC(=O)c3ccccc3C)ccc21. The van der Waals surface area contributed by atoms with Crippen LogP contribution in [-0.2, 0) is 16.1 Å². The van der Waals surface area contributed by atoms with Gasteiger partial charge in [0.25, 0.3) is 5.91 Å². The summed E-state index contributed by atoms with van der Waals surface area (Å²) in [7, 11) is 1.68. The molecule has 0 fully saturated rings. The monoisotopic (exact) mass is 379 g/mol. The Balaban J connectivity index is 1.52. The summed E-state index contributed by atoms with van der Waals surface area (Å²) in [4.78, 5) is 24.4. The maximum Gasteiger partial charge on any atom is 0.251 e. The number of benzene rings is 2. The van der Waals surface area contributed by atoms with E-state index in [1.807, 2.05) is 55.6 Å². The van der Waals surface area contributed by atoms with Crippen molar-refractivity contribution in [1.82, 2.24) is 9.88 Å². The molecule has 0 aliphatic rings. The van der Waals surface area contributed by atoms with Gasteiger partial charge in [0.05, 0.1) is 6.61 Å². The van der Waals surface area contributed by atoms with Crippen LogP contribution in [-0.4, -0.2) is 36.6 Å². The Morgan fingerprint density at radius 2 is 1.93 bits per heavy atom. The van der Waals surface area contributed by atoms with Gasteiger partial charge in [0, 0.05) is 55.0 Å². The second kappa shape index (κ2) is 9.19. The molecule has 0 spiro atoms. The fraction of sp³-hybridized carbons (Fsp3) is 0.273. The highest BCUT2D eigenvalue weighted by molar-refractivity contribution is 5.97. The highest BCUT2D eigenvalue weighted by atomic mass is 16.5. The molecule has 0 bridgehead atoms. The molecule has 146 valence electrons. The summed E-state index contributed by atoms with van der Waals surface area (Å²) in [6.45, 7) is 3.61. The molecule has 2 aromatic carbocycles. The van der Waals surface area contributed by atoms with Crippen LogP contribution in [0.2, 0.25) is 0 Å². The number of aryl methyl sites for hydroxylation is 1. The average Bonchev–Trinajstić information content (AvgIpc) is 3.08. The molecule has 3 rings (SSSR count). The van der Waals surface area contributed by atoms with Crippen LogP contribution >= 0.6 is 0 Å². The number of hydrogen-bond acceptors (Lipinski definition) is 3. The highest BCUT2D eigenvalue weighted by Crippen LogP contribution is 2.20. The molecule has 1 aromatic heterocycles. The fourth-order valence-corrected chi connectivity index (χ4v) is 3.10. The van der Waals surface area contributed by atoms with Crippen molar-refractivity contribution in [3.05, 3.63) is 65.9 Å². The Hall–Kier alpha value is -3.12. The van der Waals surface area contributed by atoms with Crippen LogP contribution in [0, 0.1) is 6.92 Å². The van der Waals surface area contributed by atoms with Crippen molar-refractivity contribution in [3.8, 4) is 0 Å². The Bertz CT molecular complexity index is 978. The second-order valence-corrected chi connectivity index (χ2v) is 6.64. The number of methoxy groups -OCH3 is 1. The zero-order valence-corrected chi connectivity index (χ0v) is 16.2. The number of amides is 2. The molecule has 2 N–H and O–H groups in total. The summed E-state index contributed by atoms with van der Waals surface area (Å²) in [6.07, 6.45) is 2.22. The predicted molar refractivity (Wildman–Crippen MR) is 111 cm³/mol. The molecule has 6 nitrogen and oxygen atoms in total. The first kappa shape index (κ1) is 19.6. The lowest BCUT2D eigenvalue weighted by atomic mass is 10.1. The molecular weight excluding hydrogens is 354 g/mol. The van der Waals surface area contributed by atoms with E-state index >= 15 is 0 Å². The number of nitrogens with zero attached hydrogens (tertiary/aromatic N) is 1. The zero-order valence-electron chi connectivity index (χ0n) is 16.2. The standard InChI is InChI=1S/C22H25N3O3/c1-16-5-3-4-6-19(16)22(27)23-11-9-21(26)24-18-7-8-20-17(15-18)10-12-25(20)13-14-28-2/h3-8,10,12,15H,9,11,13-14H2,1-2H3,(H,23,27)(H,24,26). The average molecular weight is 379 g/mol. The van der Waals surface area contributed by atoms with Crippen LogP contribution in [0.4, 0.5) is 5.69 Å². The number of ether oxygens (including phenoxy) is 1. The molecule has 0 atom stereocenters. The summed E-state index contributed by atoms with van der Waals surface area (Å²) in [5, 5.41) is 6.74. The van der Waals surface area contributed by atoms with E-state index in [-0.39, 0.29) is 24.8 Å². The lowest BCUT2D eigenvalue weighted by Gasteiger charge is -2.09. The summed E-state index contributed by atoms with van der Waals surface area (Å²) in [5.74, 6) is -0.298. The normalized spacial score (nSPS) is 10.8. The predicted octanol–water partition coefficient (Wildman–Crippen LogP) is 3.35. The minimum Gasteiger partial charge on any atom is -0.383 e. The van der Waals surface area contributed by atoms with E-state index in [0.717, 1.165) is 28.7 Å². The van der Waals surface area contributed by atoms with E-state index < -0.39 is 0 Å². The Morgan fingerprint density at radius 3 is 2.71 bits per heavy atom. The molecule has 6 heteroatoms. The summed E-state index contributed by atoms with van der Waals surface area (Å²) < 4.78 is 7.24. The van der Waals surface area contributed by atoms with Crippen molar-refractivity contribution in [3.63, 3.8) is 0 Å². The molecule has 0 aliphatic carbocycles. The van der Waals surface area contributed by atoms with Crippen LogP contribution in [0.5, 0.6) is 0 Å². The van der Waals surface area contributed by atoms with E-state index in [9.17, 15) is 9.59 Å². The molecule has 0 unspecified atom stereocenters. The van der Waals surface area contributed by atoms with Crippen molar-refractivity contribution >= 4 is 28.4 Å². The number of carbonyl (C=O) groups is 2. The number of anilines is 1. The lowest BCUT2D eigenvalue weighted by Crippen LogP contribution is -2.28. The van der Waals surface area contributed by atoms with Crippen molar-refractivity contribution in [2.75, 3.05) is 25.6 Å². The third-order valence-corrected chi connectivity index (χ3v) is 4.62. The maximum absolute atomic E-state index is 12.2. The molecule has 3 aromatic rings. The van der Waals surface area contributed by atoms with Gasteiger partial charge in [-0.3, -0.25) is 9.59 Å². The maximum atomic E-state index is 12.2. The third-order valence-electron chi connectivity index (χ3n) is 4.62. The second-order valence-electron chi connectivity index (χ2n) is 6.64. The van der Waals surface area contributed by atoms with Crippen LogP contribution < -0.4 is 10.6 Å². The van der Waals surface area contributed by atoms with Gasteiger partial charge in [-0.05, 0) is 42.8 Å². The number of carbonyl (C=O) groups excluding carboxylic acids is 2. The van der Waals surface area contributed by atoms with Crippen LogP contribution in [0.1, 0.15) is 22.3 Å². The molecule has 0 saturated heterocycles. The van der Waals surface area contributed by atoms with Gasteiger partial charge >= 0.3 is 0 Å². The van der Waals surface area contributed by atoms with Gasteiger partial charge in [0.15, 0.2) is 0 Å². The zero-order chi connectivity index (χ0) is 19.9. The Morgan fingerprint density at radius 1 is 1.11 bits per heavy atom. The lowest BCUT2D eigenvalue weighted by molar-refractivity contribution is -0.116. The van der Waals surface area contributed by atoms with E-state index in [1.165, 1.54) is 0 Å². The van der Waals surface area contributed by atoms with E-state index in [4.69, 9.17) is 4.74 Å². The van der Waals surface area contributed by atoms with E-state index in [1.54, 1.807) is 13.2 Å². The Labute approximate surface area is 164 Å². The van der Waals surface area contributed by atoms with Gasteiger partial charge in [-0.1, -0.05) is 18.2 Å². The first-order chi connectivity index (χ1) is 13.6. The molecule has 0 aliphatic heterocycles. The van der Waals surface area contributed by atoms with Crippen LogP contribution in [0.25, 0.3) is 10.9 Å². The fourth-order valence-electron chi connectivity index (χ4n) is 3.10. The van der Waals surface area contributed by atoms with Crippen molar-refractivity contribution in [1.29, 1.82) is 0 Å².